The number of ether oxygens (including phenoxy) is 1. The van der Waals surface area contributed by atoms with Crippen molar-refractivity contribution in [2.24, 2.45) is 0 Å². The fraction of sp³-hybridized carbons (Fsp3) is 0.333. The average molecular weight is 304 g/mol. The molecule has 0 fully saturated rings. The van der Waals surface area contributed by atoms with Crippen molar-refractivity contribution in [2.45, 2.75) is 19.6 Å². The molecule has 2 aromatic rings. The zero-order valence-electron chi connectivity index (χ0n) is 10.3. The van der Waals surface area contributed by atoms with Gasteiger partial charge in [0.2, 0.25) is 0 Å². The maximum absolute atomic E-state index is 12.3. The summed E-state index contributed by atoms with van der Waals surface area (Å²) in [6.45, 7) is -2.74. The molecule has 0 spiro atoms. The van der Waals surface area contributed by atoms with Crippen LogP contribution in [0.25, 0.3) is 0 Å². The van der Waals surface area contributed by atoms with E-state index in [1.54, 1.807) is 6.20 Å². The van der Waals surface area contributed by atoms with E-state index in [2.05, 4.69) is 15.0 Å². The number of aliphatic hydroxyl groups excluding tert-OH is 1. The third-order valence-corrected chi connectivity index (χ3v) is 2.76. The van der Waals surface area contributed by atoms with E-state index in [0.717, 1.165) is 0 Å². The molecule has 1 aromatic heterocycles. The maximum Gasteiger partial charge on any atom is 0.387 e. The lowest BCUT2D eigenvalue weighted by atomic mass is 10.2. The maximum atomic E-state index is 12.3. The predicted molar refractivity (Wildman–Crippen MR) is 68.0 cm³/mol. The van der Waals surface area contributed by atoms with Crippen LogP contribution < -0.4 is 4.74 Å². The number of halogens is 3. The molecule has 0 bridgehead atoms. The van der Waals surface area contributed by atoms with Gasteiger partial charge in [0.1, 0.15) is 5.75 Å². The van der Waals surface area contributed by atoms with Crippen LogP contribution in [-0.2, 0) is 13.0 Å². The molecule has 0 aliphatic rings. The third kappa shape index (κ3) is 3.88. The van der Waals surface area contributed by atoms with Crippen LogP contribution in [0.5, 0.6) is 5.75 Å². The van der Waals surface area contributed by atoms with E-state index in [1.807, 2.05) is 0 Å². The lowest BCUT2D eigenvalue weighted by Gasteiger charge is -2.10. The Balaban J connectivity index is 2.19. The predicted octanol–water partition coefficient (Wildman–Crippen LogP) is 2.12. The second kappa shape index (κ2) is 6.62. The van der Waals surface area contributed by atoms with Crippen molar-refractivity contribution in [1.82, 2.24) is 15.0 Å². The summed E-state index contributed by atoms with van der Waals surface area (Å²) in [4.78, 5) is 0. The summed E-state index contributed by atoms with van der Waals surface area (Å²) in [6, 6.07) is 4.39. The molecule has 0 aliphatic heterocycles. The Labute approximate surface area is 118 Å². The number of benzene rings is 1. The van der Waals surface area contributed by atoms with Gasteiger partial charge in [-0.25, -0.2) is 4.68 Å². The summed E-state index contributed by atoms with van der Waals surface area (Å²) in [6.07, 6.45) is 2.01. The molecule has 1 aromatic carbocycles. The summed E-state index contributed by atoms with van der Waals surface area (Å²) in [5.41, 5.74) is 1.09. The van der Waals surface area contributed by atoms with Crippen LogP contribution in [0, 0.1) is 0 Å². The lowest BCUT2D eigenvalue weighted by molar-refractivity contribution is -0.0505. The Hall–Kier alpha value is -1.73. The van der Waals surface area contributed by atoms with Gasteiger partial charge in [-0.1, -0.05) is 16.8 Å². The Kier molecular flexibility index (Phi) is 4.86. The van der Waals surface area contributed by atoms with Crippen molar-refractivity contribution >= 4 is 11.6 Å². The standard InChI is InChI=1S/C12H12ClF2N3O2/c13-9-1-2-11(20-12(14)15)8(5-9)6-18-7-10(3-4-19)16-17-18/h1-2,5,7,12,19H,3-4,6H2. The molecule has 0 saturated carbocycles. The van der Waals surface area contributed by atoms with Gasteiger partial charge in [-0.15, -0.1) is 5.10 Å². The highest BCUT2D eigenvalue weighted by Gasteiger charge is 2.11. The molecule has 108 valence electrons. The van der Waals surface area contributed by atoms with Crippen molar-refractivity contribution in [3.05, 3.63) is 40.7 Å². The molecular formula is C12H12ClF2N3O2. The SMILES string of the molecule is OCCc1cn(Cc2cc(Cl)ccc2OC(F)F)nn1. The number of hydrogen-bond acceptors (Lipinski definition) is 4. The molecule has 0 aliphatic carbocycles. The summed E-state index contributed by atoms with van der Waals surface area (Å²) in [5, 5.41) is 16.9. The molecule has 0 atom stereocenters. The monoisotopic (exact) mass is 303 g/mol. The van der Waals surface area contributed by atoms with Crippen molar-refractivity contribution < 1.29 is 18.6 Å². The zero-order chi connectivity index (χ0) is 14.5. The van der Waals surface area contributed by atoms with Gasteiger partial charge >= 0.3 is 6.61 Å². The van der Waals surface area contributed by atoms with E-state index in [4.69, 9.17) is 16.7 Å². The van der Waals surface area contributed by atoms with Crippen LogP contribution in [0.2, 0.25) is 5.02 Å². The zero-order valence-corrected chi connectivity index (χ0v) is 11.1. The molecule has 8 heteroatoms. The average Bonchev–Trinajstić information content (AvgIpc) is 2.80. The van der Waals surface area contributed by atoms with Crippen LogP contribution in [-0.4, -0.2) is 33.3 Å². The number of nitrogens with zero attached hydrogens (tertiary/aromatic N) is 3. The topological polar surface area (TPSA) is 60.2 Å². The minimum absolute atomic E-state index is 0.0321. The second-order valence-corrected chi connectivity index (χ2v) is 4.45. The van der Waals surface area contributed by atoms with Gasteiger partial charge in [0.25, 0.3) is 0 Å². The Bertz CT molecular complexity index is 578. The first-order valence-electron chi connectivity index (χ1n) is 5.81. The molecule has 5 nitrogen and oxygen atoms in total. The quantitative estimate of drug-likeness (QED) is 0.888. The van der Waals surface area contributed by atoms with Crippen molar-refractivity contribution in [3.8, 4) is 5.75 Å². The molecule has 20 heavy (non-hydrogen) atoms. The van der Waals surface area contributed by atoms with Crippen molar-refractivity contribution in [1.29, 1.82) is 0 Å². The molecular weight excluding hydrogens is 292 g/mol. The van der Waals surface area contributed by atoms with E-state index < -0.39 is 6.61 Å². The third-order valence-electron chi connectivity index (χ3n) is 2.52. The van der Waals surface area contributed by atoms with Gasteiger partial charge < -0.3 is 9.84 Å². The summed E-state index contributed by atoms with van der Waals surface area (Å²) < 4.78 is 30.6. The normalized spacial score (nSPS) is 11.1. The first kappa shape index (κ1) is 14.7. The number of aromatic nitrogens is 3. The van der Waals surface area contributed by atoms with E-state index in [9.17, 15) is 8.78 Å². The van der Waals surface area contributed by atoms with Crippen LogP contribution >= 0.6 is 11.6 Å². The van der Waals surface area contributed by atoms with Gasteiger partial charge in [0, 0.05) is 29.8 Å². The van der Waals surface area contributed by atoms with Crippen molar-refractivity contribution in [3.63, 3.8) is 0 Å². The number of hydrogen-bond donors (Lipinski definition) is 1. The molecule has 1 N–H and O–H groups in total. The smallest absolute Gasteiger partial charge is 0.387 e. The van der Waals surface area contributed by atoms with E-state index in [0.29, 0.717) is 22.7 Å². The Morgan fingerprint density at radius 2 is 2.20 bits per heavy atom. The molecule has 0 amide bonds. The number of rotatable bonds is 6. The lowest BCUT2D eigenvalue weighted by Crippen LogP contribution is -2.07. The first-order valence-corrected chi connectivity index (χ1v) is 6.19. The van der Waals surface area contributed by atoms with Crippen LogP contribution in [0.15, 0.2) is 24.4 Å². The van der Waals surface area contributed by atoms with Crippen molar-refractivity contribution in [2.75, 3.05) is 6.61 Å². The van der Waals surface area contributed by atoms with Gasteiger partial charge in [0.15, 0.2) is 0 Å². The highest BCUT2D eigenvalue weighted by atomic mass is 35.5. The Morgan fingerprint density at radius 1 is 1.40 bits per heavy atom. The highest BCUT2D eigenvalue weighted by molar-refractivity contribution is 6.30. The fourth-order valence-electron chi connectivity index (χ4n) is 1.70. The van der Waals surface area contributed by atoms with Crippen LogP contribution in [0.3, 0.4) is 0 Å². The minimum Gasteiger partial charge on any atom is -0.434 e. The molecule has 0 unspecified atom stereocenters. The summed E-state index contributed by atoms with van der Waals surface area (Å²) in [5.74, 6) is 0.0450. The van der Waals surface area contributed by atoms with E-state index in [-0.39, 0.29) is 18.9 Å². The highest BCUT2D eigenvalue weighted by Crippen LogP contribution is 2.25. The molecule has 0 saturated heterocycles. The summed E-state index contributed by atoms with van der Waals surface area (Å²) in [7, 11) is 0. The summed E-state index contributed by atoms with van der Waals surface area (Å²) >= 11 is 5.85. The largest absolute Gasteiger partial charge is 0.434 e. The first-order chi connectivity index (χ1) is 9.58. The van der Waals surface area contributed by atoms with Crippen LogP contribution in [0.4, 0.5) is 8.78 Å². The fourth-order valence-corrected chi connectivity index (χ4v) is 1.90. The van der Waals surface area contributed by atoms with Crippen LogP contribution in [0.1, 0.15) is 11.3 Å². The van der Waals surface area contributed by atoms with Gasteiger partial charge in [-0.05, 0) is 18.2 Å². The van der Waals surface area contributed by atoms with E-state index >= 15 is 0 Å². The van der Waals surface area contributed by atoms with E-state index in [1.165, 1.54) is 22.9 Å². The van der Waals surface area contributed by atoms with Gasteiger partial charge in [-0.2, -0.15) is 8.78 Å². The van der Waals surface area contributed by atoms with Gasteiger partial charge in [-0.3, -0.25) is 0 Å². The molecule has 0 radical (unpaired) electrons. The van der Waals surface area contributed by atoms with Gasteiger partial charge in [0.05, 0.1) is 12.2 Å². The Morgan fingerprint density at radius 3 is 2.90 bits per heavy atom. The minimum atomic E-state index is -2.91. The number of aliphatic hydroxyl groups is 1. The molecule has 1 heterocycles. The molecule has 2 rings (SSSR count). The number of alkyl halides is 2. The second-order valence-electron chi connectivity index (χ2n) is 4.01.